The van der Waals surface area contributed by atoms with E-state index in [9.17, 15) is 14.7 Å². The van der Waals surface area contributed by atoms with Crippen molar-refractivity contribution in [3.8, 4) is 0 Å². The van der Waals surface area contributed by atoms with Crippen LogP contribution in [0.5, 0.6) is 0 Å². The Balaban J connectivity index is 1.24. The van der Waals surface area contributed by atoms with E-state index in [0.717, 1.165) is 51.6 Å². The van der Waals surface area contributed by atoms with Gasteiger partial charge in [-0.15, -0.1) is 0 Å². The maximum absolute atomic E-state index is 14.0. The zero-order valence-electron chi connectivity index (χ0n) is 25.3. The summed E-state index contributed by atoms with van der Waals surface area (Å²) in [6.45, 7) is 7.91. The van der Waals surface area contributed by atoms with Crippen LogP contribution in [0.3, 0.4) is 0 Å². The molecular weight excluding hydrogens is 526 g/mol. The fourth-order valence-electron chi connectivity index (χ4n) is 9.35. The number of nitrogens with two attached hydrogens (primary N) is 3. The van der Waals surface area contributed by atoms with Crippen molar-refractivity contribution in [3.05, 3.63) is 0 Å². The van der Waals surface area contributed by atoms with Gasteiger partial charge in [-0.2, -0.15) is 0 Å². The van der Waals surface area contributed by atoms with Gasteiger partial charge in [0.05, 0.1) is 56.6 Å². The molecule has 0 radical (unpaired) electrons. The van der Waals surface area contributed by atoms with Gasteiger partial charge in [0, 0.05) is 37.0 Å². The number of ether oxygens (including phenoxy) is 4. The number of Topliss-reactive ketones (excluding diaryl/α,β-unsaturated/α-hetero) is 1. The van der Waals surface area contributed by atoms with Crippen molar-refractivity contribution in [3.63, 3.8) is 0 Å². The summed E-state index contributed by atoms with van der Waals surface area (Å²) in [7, 11) is 2.08. The summed E-state index contributed by atoms with van der Waals surface area (Å²) in [5.41, 5.74) is 4.54. The second-order valence-electron chi connectivity index (χ2n) is 14.7. The number of quaternary nitrogens is 2. The molecule has 7 N–H and O–H groups in total. The monoisotopic (exact) mass is 579 g/mol. The van der Waals surface area contributed by atoms with Crippen LogP contribution in [-0.4, -0.2) is 91.0 Å². The van der Waals surface area contributed by atoms with Crippen LogP contribution < -0.4 is 16.4 Å². The number of aliphatic hydroxyl groups excluding tert-OH is 1. The molecule has 8 unspecified atom stereocenters. The van der Waals surface area contributed by atoms with Crippen molar-refractivity contribution in [2.45, 2.75) is 133 Å². The molecule has 0 aromatic rings. The number of rotatable bonds is 5. The predicted octanol–water partition coefficient (Wildman–Crippen LogP) is -0.395. The summed E-state index contributed by atoms with van der Waals surface area (Å²) in [4.78, 5) is 27.1. The molecule has 6 aliphatic rings. The highest BCUT2D eigenvalue weighted by atomic mass is 16.7. The number of esters is 1. The van der Waals surface area contributed by atoms with Crippen molar-refractivity contribution in [2.75, 3.05) is 20.1 Å². The van der Waals surface area contributed by atoms with Crippen LogP contribution in [0.1, 0.15) is 78.6 Å². The molecule has 0 aromatic carbocycles. The van der Waals surface area contributed by atoms with Crippen molar-refractivity contribution >= 4 is 11.8 Å². The minimum atomic E-state index is -0.893. The highest BCUT2D eigenvalue weighted by Gasteiger charge is 2.66. The number of piperidine rings is 1. The minimum absolute atomic E-state index is 0.0737. The zero-order valence-corrected chi connectivity index (χ0v) is 25.3. The Bertz CT molecular complexity index is 995. The maximum atomic E-state index is 14.0. The van der Waals surface area contributed by atoms with Crippen LogP contribution in [0.4, 0.5) is 0 Å². The molecule has 5 saturated heterocycles. The third-order valence-corrected chi connectivity index (χ3v) is 11.3. The average Bonchev–Trinajstić information content (AvgIpc) is 3.60. The van der Waals surface area contributed by atoms with Crippen LogP contribution in [0, 0.1) is 29.6 Å². The number of hydrogen-bond donors (Lipinski definition) is 4. The molecule has 6 fully saturated rings. The largest absolute Gasteiger partial charge is 0.457 e. The van der Waals surface area contributed by atoms with Gasteiger partial charge < -0.3 is 34.7 Å². The molecule has 232 valence electrons. The molecule has 13 atom stereocenters. The lowest BCUT2D eigenvalue weighted by Gasteiger charge is -2.57. The highest BCUT2D eigenvalue weighted by molar-refractivity contribution is 5.84. The Morgan fingerprint density at radius 3 is 2.63 bits per heavy atom. The number of aliphatic hydroxyl groups is 1. The number of fused-ring (bicyclic) bond motifs is 4. The Labute approximate surface area is 244 Å². The van der Waals surface area contributed by atoms with Crippen LogP contribution in [0.15, 0.2) is 0 Å². The van der Waals surface area contributed by atoms with E-state index in [4.69, 9.17) is 24.7 Å². The summed E-state index contributed by atoms with van der Waals surface area (Å²) in [6.07, 6.45) is 5.13. The normalized spacial score (nSPS) is 49.5. The van der Waals surface area contributed by atoms with Gasteiger partial charge in [-0.25, -0.2) is 4.79 Å². The number of ketones is 1. The first-order chi connectivity index (χ1) is 19.5. The zero-order chi connectivity index (χ0) is 29.1. The Kier molecular flexibility index (Phi) is 8.33. The third kappa shape index (κ3) is 5.63. The van der Waals surface area contributed by atoms with Crippen LogP contribution in [0.2, 0.25) is 0 Å². The standard InChI is InChI=1S/C31H51N3O7/c1-16-11-20(35)26-21(38-16)14-22-25(27(26)36)19-12-18(15-33-4)7-9-31(29(37)39-28(19)30(2,3)40-22)23(41-31)6-5-17-8-10-34-24(32)13-17/h16-19,21-28,33-34,36H,5-15,32H2,1-4H3/p+2/t16?,17?,18-,19-,21?,22?,23-,24?,25?,26?,27?,28-,31-/m1/s1. The number of carbonyl (C=O) groups excluding carboxylic acids is 2. The number of carbonyl (C=O) groups is 2. The molecule has 0 bridgehead atoms. The van der Waals surface area contributed by atoms with Gasteiger partial charge in [-0.1, -0.05) is 0 Å². The summed E-state index contributed by atoms with van der Waals surface area (Å²) in [6, 6.07) is 0. The lowest BCUT2D eigenvalue weighted by molar-refractivity contribution is -0.699. The van der Waals surface area contributed by atoms with E-state index in [2.05, 4.69) is 17.7 Å². The topological polar surface area (TPSA) is 154 Å². The fraction of sp³-hybridized carbons (Fsp3) is 0.935. The molecule has 41 heavy (non-hydrogen) atoms. The summed E-state index contributed by atoms with van der Waals surface area (Å²) >= 11 is 0. The van der Waals surface area contributed by atoms with E-state index in [-0.39, 0.29) is 54.2 Å². The van der Waals surface area contributed by atoms with Gasteiger partial charge in [0.2, 0.25) is 0 Å². The first-order valence-electron chi connectivity index (χ1n) is 16.3. The van der Waals surface area contributed by atoms with Crippen molar-refractivity contribution in [2.24, 2.45) is 35.3 Å². The molecule has 0 aromatic heterocycles. The molecule has 10 heteroatoms. The predicted molar refractivity (Wildman–Crippen MR) is 148 cm³/mol. The number of epoxide rings is 1. The molecular formula is C31H53N3O7+2. The Morgan fingerprint density at radius 2 is 1.88 bits per heavy atom. The van der Waals surface area contributed by atoms with Crippen LogP contribution >= 0.6 is 0 Å². The Hall–Kier alpha value is -1.14. The fourth-order valence-corrected chi connectivity index (χ4v) is 9.35. The van der Waals surface area contributed by atoms with Gasteiger partial charge in [0.1, 0.15) is 23.7 Å². The van der Waals surface area contributed by atoms with Crippen LogP contribution in [-0.2, 0) is 28.5 Å². The van der Waals surface area contributed by atoms with Crippen molar-refractivity contribution < 1.29 is 44.3 Å². The molecule has 1 saturated carbocycles. The number of hydrogen-bond acceptors (Lipinski definition) is 8. The molecule has 6 rings (SSSR count). The van der Waals surface area contributed by atoms with E-state index >= 15 is 0 Å². The first-order valence-corrected chi connectivity index (χ1v) is 16.3. The van der Waals surface area contributed by atoms with E-state index in [0.29, 0.717) is 31.1 Å². The third-order valence-electron chi connectivity index (χ3n) is 11.3. The Morgan fingerprint density at radius 1 is 1.07 bits per heavy atom. The second kappa shape index (κ2) is 11.4. The van der Waals surface area contributed by atoms with Gasteiger partial charge in [0.15, 0.2) is 5.60 Å². The van der Waals surface area contributed by atoms with E-state index in [1.807, 2.05) is 20.8 Å². The molecule has 1 aliphatic carbocycles. The van der Waals surface area contributed by atoms with Crippen molar-refractivity contribution in [1.29, 1.82) is 0 Å². The lowest BCUT2D eigenvalue weighted by atomic mass is 9.61. The second-order valence-corrected chi connectivity index (χ2v) is 14.7. The first kappa shape index (κ1) is 29.9. The van der Waals surface area contributed by atoms with Gasteiger partial charge >= 0.3 is 5.97 Å². The molecule has 0 amide bonds. The van der Waals surface area contributed by atoms with E-state index in [1.165, 1.54) is 0 Å². The minimum Gasteiger partial charge on any atom is -0.457 e. The van der Waals surface area contributed by atoms with Gasteiger partial charge in [-0.3, -0.25) is 10.5 Å². The average molecular weight is 580 g/mol. The van der Waals surface area contributed by atoms with Gasteiger partial charge in [-0.05, 0) is 65.2 Å². The lowest BCUT2D eigenvalue weighted by Crippen LogP contribution is -2.94. The van der Waals surface area contributed by atoms with Crippen LogP contribution in [0.25, 0.3) is 0 Å². The quantitative estimate of drug-likeness (QED) is 0.254. The SMILES string of the molecule is C[NH2+]C[C@@H]1CC[C@]2(O[C@@H]2CCC2CC[NH2+]C(N)C2)C(=O)O[C@@H]2[C@H](C1)C1C(CC3OC(C)CC(=O)C3C1O)OC2(C)C. The molecule has 5 aliphatic heterocycles. The van der Waals surface area contributed by atoms with E-state index < -0.39 is 29.3 Å². The smallest absolute Gasteiger partial charge is 0.341 e. The maximum Gasteiger partial charge on any atom is 0.341 e. The van der Waals surface area contributed by atoms with Crippen molar-refractivity contribution in [1.82, 2.24) is 0 Å². The summed E-state index contributed by atoms with van der Waals surface area (Å²) in [5, 5.41) is 16.2. The summed E-state index contributed by atoms with van der Waals surface area (Å²) < 4.78 is 25.6. The summed E-state index contributed by atoms with van der Waals surface area (Å²) in [5.74, 6) is -0.267. The molecule has 5 heterocycles. The van der Waals surface area contributed by atoms with E-state index in [1.54, 1.807) is 0 Å². The molecule has 1 spiro atoms. The van der Waals surface area contributed by atoms with Gasteiger partial charge in [0.25, 0.3) is 0 Å². The molecule has 10 nitrogen and oxygen atoms in total. The highest BCUT2D eigenvalue weighted by Crippen LogP contribution is 2.54.